The summed E-state index contributed by atoms with van der Waals surface area (Å²) in [6.45, 7) is 0. The zero-order valence-electron chi connectivity index (χ0n) is 27.8. The van der Waals surface area contributed by atoms with Gasteiger partial charge >= 0.3 is 23.9 Å². The van der Waals surface area contributed by atoms with Gasteiger partial charge in [-0.15, -0.1) is 0 Å². The molecule has 258 valence electrons. The molecule has 0 heterocycles. The third-order valence-electron chi connectivity index (χ3n) is 8.69. The first-order chi connectivity index (χ1) is 25.0. The van der Waals surface area contributed by atoms with Crippen LogP contribution >= 0.6 is 0 Å². The number of hydrogen-bond acceptors (Lipinski definition) is 6. The molecule has 0 radical (unpaired) electrons. The average molecular weight is 695 g/mol. The molecule has 0 aliphatic carbocycles. The van der Waals surface area contributed by atoms with Crippen LogP contribution in [0.1, 0.15) is 41.4 Å². The average Bonchev–Trinajstić information content (AvgIpc) is 3.16. The van der Waals surface area contributed by atoms with Gasteiger partial charge in [0.1, 0.15) is 11.5 Å². The van der Waals surface area contributed by atoms with Crippen molar-refractivity contribution in [3.63, 3.8) is 0 Å². The van der Waals surface area contributed by atoms with Gasteiger partial charge in [0, 0.05) is 22.3 Å². The zero-order valence-corrected chi connectivity index (χ0v) is 27.8. The Morgan fingerprint density at radius 1 is 0.346 bits per heavy atom. The van der Waals surface area contributed by atoms with Gasteiger partial charge in [0.05, 0.1) is 36.5 Å². The SMILES string of the molecule is COc1c(-c2ccc(C(=O)O)cc2)cc(-c2cc(-c3ccc(C(=O)O)cc3)c(OC)c(-c3ccc(C(=O)O)cc3)c2)cc1-c1ccc(C(=O)O)cc1. The van der Waals surface area contributed by atoms with Crippen LogP contribution in [-0.4, -0.2) is 58.5 Å². The number of methoxy groups -OCH3 is 2. The van der Waals surface area contributed by atoms with E-state index >= 15 is 0 Å². The number of ether oxygens (including phenoxy) is 2. The fraction of sp³-hybridized carbons (Fsp3) is 0.0476. The van der Waals surface area contributed by atoms with Crippen LogP contribution in [-0.2, 0) is 0 Å². The van der Waals surface area contributed by atoms with E-state index in [1.54, 1.807) is 48.5 Å². The van der Waals surface area contributed by atoms with Gasteiger partial charge in [0.15, 0.2) is 0 Å². The predicted octanol–water partition coefficient (Wildman–Crippen LogP) is 8.83. The lowest BCUT2D eigenvalue weighted by atomic mass is 9.88. The van der Waals surface area contributed by atoms with Crippen LogP contribution < -0.4 is 9.47 Å². The highest BCUT2D eigenvalue weighted by Gasteiger charge is 2.21. The number of benzene rings is 6. The van der Waals surface area contributed by atoms with Gasteiger partial charge in [-0.1, -0.05) is 48.5 Å². The maximum absolute atomic E-state index is 11.6. The fourth-order valence-corrected chi connectivity index (χ4v) is 6.06. The Morgan fingerprint density at radius 3 is 0.692 bits per heavy atom. The first kappa shape index (κ1) is 34.7. The summed E-state index contributed by atoms with van der Waals surface area (Å²) in [4.78, 5) is 46.6. The van der Waals surface area contributed by atoms with Gasteiger partial charge in [-0.25, -0.2) is 19.2 Å². The maximum atomic E-state index is 11.6. The Bertz CT molecular complexity index is 2010. The van der Waals surface area contributed by atoms with E-state index in [2.05, 4.69) is 0 Å². The molecular weight excluding hydrogens is 664 g/mol. The van der Waals surface area contributed by atoms with Gasteiger partial charge in [-0.05, 0) is 106 Å². The normalized spacial score (nSPS) is 10.7. The van der Waals surface area contributed by atoms with E-state index in [4.69, 9.17) is 9.47 Å². The lowest BCUT2D eigenvalue weighted by molar-refractivity contribution is 0.0686. The molecule has 0 aliphatic rings. The molecule has 10 heteroatoms. The number of rotatable bonds is 11. The van der Waals surface area contributed by atoms with E-state index in [9.17, 15) is 39.6 Å². The molecule has 6 rings (SSSR count). The van der Waals surface area contributed by atoms with Crippen LogP contribution in [0.3, 0.4) is 0 Å². The Hall–Kier alpha value is -7.20. The van der Waals surface area contributed by atoms with Crippen molar-refractivity contribution >= 4 is 23.9 Å². The Labute approximate surface area is 297 Å². The number of hydrogen-bond donors (Lipinski definition) is 4. The summed E-state index contributed by atoms with van der Waals surface area (Å²) in [6.07, 6.45) is 0. The molecule has 0 amide bonds. The second-order valence-corrected chi connectivity index (χ2v) is 11.7. The number of carbonyl (C=O) groups is 4. The molecule has 0 saturated heterocycles. The van der Waals surface area contributed by atoms with E-state index in [1.807, 2.05) is 24.3 Å². The Kier molecular flexibility index (Phi) is 9.56. The largest absolute Gasteiger partial charge is 0.495 e. The summed E-state index contributed by atoms with van der Waals surface area (Å²) in [5, 5.41) is 38.1. The topological polar surface area (TPSA) is 168 Å². The van der Waals surface area contributed by atoms with E-state index < -0.39 is 23.9 Å². The highest BCUT2D eigenvalue weighted by atomic mass is 16.5. The van der Waals surface area contributed by atoms with Crippen molar-refractivity contribution in [2.24, 2.45) is 0 Å². The van der Waals surface area contributed by atoms with Crippen molar-refractivity contribution in [2.75, 3.05) is 14.2 Å². The molecule has 0 atom stereocenters. The predicted molar refractivity (Wildman–Crippen MR) is 195 cm³/mol. The molecule has 10 nitrogen and oxygen atoms in total. The van der Waals surface area contributed by atoms with Gasteiger partial charge in [0.2, 0.25) is 0 Å². The summed E-state index contributed by atoms with van der Waals surface area (Å²) < 4.78 is 11.9. The van der Waals surface area contributed by atoms with Crippen LogP contribution in [0.25, 0.3) is 55.6 Å². The number of carboxylic acid groups (broad SMARTS) is 4. The van der Waals surface area contributed by atoms with E-state index in [0.717, 1.165) is 0 Å². The minimum absolute atomic E-state index is 0.107. The summed E-state index contributed by atoms with van der Waals surface area (Å²) >= 11 is 0. The number of aromatic carboxylic acids is 4. The third-order valence-corrected chi connectivity index (χ3v) is 8.69. The maximum Gasteiger partial charge on any atom is 0.335 e. The molecule has 52 heavy (non-hydrogen) atoms. The summed E-state index contributed by atoms with van der Waals surface area (Å²) in [5.74, 6) is -3.35. The Morgan fingerprint density at radius 2 is 0.538 bits per heavy atom. The van der Waals surface area contributed by atoms with Crippen molar-refractivity contribution in [1.82, 2.24) is 0 Å². The van der Waals surface area contributed by atoms with Crippen molar-refractivity contribution in [1.29, 1.82) is 0 Å². The van der Waals surface area contributed by atoms with Crippen molar-refractivity contribution in [3.05, 3.63) is 144 Å². The van der Waals surface area contributed by atoms with Crippen LogP contribution in [0.4, 0.5) is 0 Å². The summed E-state index contributed by atoms with van der Waals surface area (Å²) in [6, 6.07) is 33.0. The quantitative estimate of drug-likeness (QED) is 0.103. The molecule has 6 aromatic rings. The summed E-state index contributed by atoms with van der Waals surface area (Å²) in [5.41, 5.74) is 6.99. The van der Waals surface area contributed by atoms with Crippen LogP contribution in [0.2, 0.25) is 0 Å². The van der Waals surface area contributed by atoms with Gasteiger partial charge in [-0.2, -0.15) is 0 Å². The van der Waals surface area contributed by atoms with Gasteiger partial charge in [0.25, 0.3) is 0 Å². The molecule has 0 saturated carbocycles. The summed E-state index contributed by atoms with van der Waals surface area (Å²) in [7, 11) is 3.04. The van der Waals surface area contributed by atoms with Crippen molar-refractivity contribution < 1.29 is 49.1 Å². The second kappa shape index (κ2) is 14.3. The highest BCUT2D eigenvalue weighted by molar-refractivity contribution is 5.96. The fourth-order valence-electron chi connectivity index (χ4n) is 6.06. The third kappa shape index (κ3) is 6.81. The number of carboxylic acids is 4. The van der Waals surface area contributed by atoms with E-state index in [0.29, 0.717) is 67.1 Å². The first-order valence-electron chi connectivity index (χ1n) is 15.8. The van der Waals surface area contributed by atoms with Gasteiger partial charge in [-0.3, -0.25) is 0 Å². The van der Waals surface area contributed by atoms with Crippen LogP contribution in [0.15, 0.2) is 121 Å². The smallest absolute Gasteiger partial charge is 0.335 e. The molecule has 0 unspecified atom stereocenters. The molecular formula is C42H30O10. The first-order valence-corrected chi connectivity index (χ1v) is 15.8. The minimum Gasteiger partial charge on any atom is -0.495 e. The van der Waals surface area contributed by atoms with E-state index in [1.165, 1.54) is 62.8 Å². The molecule has 0 fully saturated rings. The standard InChI is InChI=1S/C42H30O10/c1-51-37-33(23-3-11-27(12-4-23)39(43)44)19-31(20-34(37)24-5-13-28(14-6-24)40(45)46)32-21-35(25-7-15-29(16-8-25)41(47)48)38(52-2)36(22-32)26-9-17-30(18-10-26)42(49)50/h3-22H,1-2H3,(H,43,44)(H,45,46)(H,47,48)(H,49,50). The molecule has 0 aliphatic heterocycles. The van der Waals surface area contributed by atoms with Crippen LogP contribution in [0, 0.1) is 0 Å². The molecule has 0 aromatic heterocycles. The highest BCUT2D eigenvalue weighted by Crippen LogP contribution is 2.47. The Balaban J connectivity index is 1.66. The molecule has 4 N–H and O–H groups in total. The van der Waals surface area contributed by atoms with Crippen LogP contribution in [0.5, 0.6) is 11.5 Å². The van der Waals surface area contributed by atoms with E-state index in [-0.39, 0.29) is 22.3 Å². The molecule has 6 aromatic carbocycles. The second-order valence-electron chi connectivity index (χ2n) is 11.7. The molecule has 0 spiro atoms. The van der Waals surface area contributed by atoms with Gasteiger partial charge < -0.3 is 29.9 Å². The lowest BCUT2D eigenvalue weighted by Gasteiger charge is -2.20. The van der Waals surface area contributed by atoms with Crippen molar-refractivity contribution in [2.45, 2.75) is 0 Å². The lowest BCUT2D eigenvalue weighted by Crippen LogP contribution is -1.99. The minimum atomic E-state index is -1.07. The monoisotopic (exact) mass is 694 g/mol. The zero-order chi connectivity index (χ0) is 37.1. The van der Waals surface area contributed by atoms with Crippen molar-refractivity contribution in [3.8, 4) is 67.1 Å². The molecule has 0 bridgehead atoms.